The van der Waals surface area contributed by atoms with Crippen molar-refractivity contribution < 1.29 is 23.5 Å². The molecule has 0 aliphatic carbocycles. The van der Waals surface area contributed by atoms with Gasteiger partial charge in [-0.1, -0.05) is 24.3 Å². The summed E-state index contributed by atoms with van der Waals surface area (Å²) in [4.78, 5) is 26.8. The molecule has 6 nitrogen and oxygen atoms in total. The summed E-state index contributed by atoms with van der Waals surface area (Å²) >= 11 is 0. The zero-order valence-corrected chi connectivity index (χ0v) is 17.1. The first-order chi connectivity index (χ1) is 13.8. The zero-order valence-electron chi connectivity index (χ0n) is 17.1. The Morgan fingerprint density at radius 2 is 1.83 bits per heavy atom. The fourth-order valence-corrected chi connectivity index (χ4v) is 2.74. The maximum absolute atomic E-state index is 13.8. The van der Waals surface area contributed by atoms with Gasteiger partial charge in [-0.2, -0.15) is 0 Å². The number of rotatable bonds is 9. The van der Waals surface area contributed by atoms with Crippen molar-refractivity contribution >= 4 is 11.8 Å². The van der Waals surface area contributed by atoms with Crippen molar-refractivity contribution in [3.05, 3.63) is 59.9 Å². The van der Waals surface area contributed by atoms with Crippen molar-refractivity contribution in [3.63, 3.8) is 0 Å². The maximum Gasteiger partial charge on any atom is 0.261 e. The second kappa shape index (κ2) is 10.5. The summed E-state index contributed by atoms with van der Waals surface area (Å²) in [6, 6.07) is 12.3. The molecule has 0 unspecified atom stereocenters. The Morgan fingerprint density at radius 3 is 2.48 bits per heavy atom. The van der Waals surface area contributed by atoms with Crippen LogP contribution in [-0.4, -0.2) is 42.5 Å². The van der Waals surface area contributed by atoms with Crippen molar-refractivity contribution in [2.45, 2.75) is 39.4 Å². The number of carbonyl (C=O) groups excluding carboxylic acids is 2. The number of ether oxygens (including phenoxy) is 2. The third kappa shape index (κ3) is 6.48. The van der Waals surface area contributed by atoms with E-state index in [-0.39, 0.29) is 30.9 Å². The molecule has 0 bridgehead atoms. The zero-order chi connectivity index (χ0) is 21.4. The highest BCUT2D eigenvalue weighted by atomic mass is 19.1. The van der Waals surface area contributed by atoms with Crippen molar-refractivity contribution in [2.24, 2.45) is 0 Å². The molecule has 0 aliphatic heterocycles. The third-order valence-electron chi connectivity index (χ3n) is 4.27. The fourth-order valence-electron chi connectivity index (χ4n) is 2.74. The molecule has 0 saturated heterocycles. The van der Waals surface area contributed by atoms with Gasteiger partial charge < -0.3 is 19.7 Å². The summed E-state index contributed by atoms with van der Waals surface area (Å²) in [6.07, 6.45) is 0. The number of nitrogens with one attached hydrogen (secondary N) is 1. The molecule has 29 heavy (non-hydrogen) atoms. The summed E-state index contributed by atoms with van der Waals surface area (Å²) < 4.78 is 24.4. The van der Waals surface area contributed by atoms with Gasteiger partial charge in [0.15, 0.2) is 18.2 Å². The molecule has 2 aromatic carbocycles. The van der Waals surface area contributed by atoms with E-state index in [1.807, 2.05) is 26.0 Å². The SMILES string of the molecule is COc1cccc(CN(C(=O)COc2ccccc2F)[C@@H](C)C(=O)NC(C)C)c1. The summed E-state index contributed by atoms with van der Waals surface area (Å²) in [5, 5.41) is 2.81. The van der Waals surface area contributed by atoms with Gasteiger partial charge in [-0.3, -0.25) is 9.59 Å². The Hall–Kier alpha value is -3.09. The predicted octanol–water partition coefficient (Wildman–Crippen LogP) is 3.16. The van der Waals surface area contributed by atoms with Gasteiger partial charge in [-0.15, -0.1) is 0 Å². The number of carbonyl (C=O) groups is 2. The molecule has 1 N–H and O–H groups in total. The molecule has 0 aromatic heterocycles. The highest BCUT2D eigenvalue weighted by Crippen LogP contribution is 2.18. The summed E-state index contributed by atoms with van der Waals surface area (Å²) in [6.45, 7) is 5.15. The highest BCUT2D eigenvalue weighted by molar-refractivity contribution is 5.88. The average molecular weight is 402 g/mol. The van der Waals surface area contributed by atoms with Crippen LogP contribution in [0.3, 0.4) is 0 Å². The minimum atomic E-state index is -0.736. The standard InChI is InChI=1S/C22H27FN2O4/c1-15(2)24-22(27)16(3)25(13-17-8-7-9-18(12-17)28-4)21(26)14-29-20-11-6-5-10-19(20)23/h5-12,15-16H,13-14H2,1-4H3,(H,24,27)/t16-/m0/s1. The van der Waals surface area contributed by atoms with E-state index in [9.17, 15) is 14.0 Å². The number of benzene rings is 2. The molecule has 0 fully saturated rings. The van der Waals surface area contributed by atoms with Crippen LogP contribution in [-0.2, 0) is 16.1 Å². The van der Waals surface area contributed by atoms with Crippen LogP contribution in [0.5, 0.6) is 11.5 Å². The quantitative estimate of drug-likeness (QED) is 0.700. The number of methoxy groups -OCH3 is 1. The molecular weight excluding hydrogens is 375 g/mol. The molecule has 2 rings (SSSR count). The van der Waals surface area contributed by atoms with Crippen LogP contribution in [0.1, 0.15) is 26.3 Å². The van der Waals surface area contributed by atoms with Crippen LogP contribution in [0.15, 0.2) is 48.5 Å². The Bertz CT molecular complexity index is 841. The molecule has 0 saturated carbocycles. The first-order valence-corrected chi connectivity index (χ1v) is 9.42. The van der Waals surface area contributed by atoms with E-state index in [4.69, 9.17) is 9.47 Å². The van der Waals surface area contributed by atoms with Crippen LogP contribution in [0, 0.1) is 5.82 Å². The van der Waals surface area contributed by atoms with Gasteiger partial charge in [0.1, 0.15) is 11.8 Å². The fraction of sp³-hybridized carbons (Fsp3) is 0.364. The minimum Gasteiger partial charge on any atom is -0.497 e. The summed E-state index contributed by atoms with van der Waals surface area (Å²) in [7, 11) is 1.56. The van der Waals surface area contributed by atoms with E-state index >= 15 is 0 Å². The predicted molar refractivity (Wildman–Crippen MR) is 108 cm³/mol. The van der Waals surface area contributed by atoms with Crippen LogP contribution < -0.4 is 14.8 Å². The van der Waals surface area contributed by atoms with Gasteiger partial charge in [-0.05, 0) is 50.6 Å². The first-order valence-electron chi connectivity index (χ1n) is 9.42. The van der Waals surface area contributed by atoms with Gasteiger partial charge in [-0.25, -0.2) is 4.39 Å². The van der Waals surface area contributed by atoms with Gasteiger partial charge in [0, 0.05) is 12.6 Å². The molecule has 0 aliphatic rings. The van der Waals surface area contributed by atoms with Crippen LogP contribution in [0.4, 0.5) is 4.39 Å². The monoisotopic (exact) mass is 402 g/mol. The molecule has 156 valence electrons. The largest absolute Gasteiger partial charge is 0.497 e. The highest BCUT2D eigenvalue weighted by Gasteiger charge is 2.27. The Kier molecular flexibility index (Phi) is 8.00. The molecule has 1 atom stereocenters. The maximum atomic E-state index is 13.8. The smallest absolute Gasteiger partial charge is 0.261 e. The van der Waals surface area contributed by atoms with Gasteiger partial charge >= 0.3 is 0 Å². The third-order valence-corrected chi connectivity index (χ3v) is 4.27. The Labute approximate surface area is 170 Å². The van der Waals surface area contributed by atoms with Crippen LogP contribution in [0.2, 0.25) is 0 Å². The van der Waals surface area contributed by atoms with E-state index in [1.165, 1.54) is 23.1 Å². The lowest BCUT2D eigenvalue weighted by atomic mass is 10.1. The molecule has 2 amide bonds. The van der Waals surface area contributed by atoms with E-state index in [2.05, 4.69) is 5.32 Å². The van der Waals surface area contributed by atoms with Gasteiger partial charge in [0.25, 0.3) is 5.91 Å². The van der Waals surface area contributed by atoms with Crippen LogP contribution >= 0.6 is 0 Å². The van der Waals surface area contributed by atoms with Gasteiger partial charge in [0.05, 0.1) is 7.11 Å². The van der Waals surface area contributed by atoms with E-state index < -0.39 is 17.8 Å². The second-order valence-corrected chi connectivity index (χ2v) is 6.93. The molecular formula is C22H27FN2O4. The molecule has 7 heteroatoms. The lowest BCUT2D eigenvalue weighted by Crippen LogP contribution is -2.50. The minimum absolute atomic E-state index is 0.0125. The van der Waals surface area contributed by atoms with Crippen molar-refractivity contribution in [2.75, 3.05) is 13.7 Å². The normalized spacial score (nSPS) is 11.7. The first kappa shape index (κ1) is 22.2. The van der Waals surface area contributed by atoms with Gasteiger partial charge in [0.2, 0.25) is 5.91 Å². The Balaban J connectivity index is 2.19. The summed E-state index contributed by atoms with van der Waals surface area (Å²) in [5.74, 6) is -0.617. The van der Waals surface area contributed by atoms with Crippen molar-refractivity contribution in [1.82, 2.24) is 10.2 Å². The van der Waals surface area contributed by atoms with E-state index in [0.717, 1.165) is 5.56 Å². The van der Waals surface area contributed by atoms with E-state index in [1.54, 1.807) is 32.2 Å². The molecule has 2 aromatic rings. The molecule has 0 spiro atoms. The lowest BCUT2D eigenvalue weighted by Gasteiger charge is -2.29. The van der Waals surface area contributed by atoms with E-state index in [0.29, 0.717) is 5.75 Å². The number of para-hydroxylation sites is 1. The number of nitrogens with zero attached hydrogens (tertiary/aromatic N) is 1. The second-order valence-electron chi connectivity index (χ2n) is 6.93. The van der Waals surface area contributed by atoms with Crippen molar-refractivity contribution in [1.29, 1.82) is 0 Å². The number of amides is 2. The average Bonchev–Trinajstić information content (AvgIpc) is 2.70. The lowest BCUT2D eigenvalue weighted by molar-refractivity contribution is -0.142. The Morgan fingerprint density at radius 1 is 1.10 bits per heavy atom. The van der Waals surface area contributed by atoms with Crippen molar-refractivity contribution in [3.8, 4) is 11.5 Å². The number of halogens is 1. The van der Waals surface area contributed by atoms with Crippen LogP contribution in [0.25, 0.3) is 0 Å². The topological polar surface area (TPSA) is 67.9 Å². The number of hydrogen-bond acceptors (Lipinski definition) is 4. The molecule has 0 heterocycles. The summed E-state index contributed by atoms with van der Waals surface area (Å²) in [5.41, 5.74) is 0.799. The number of hydrogen-bond donors (Lipinski definition) is 1. The molecule has 0 radical (unpaired) electrons.